The molecular formula is C12H16BrNO2. The number of halogens is 1. The molecule has 1 aromatic carbocycles. The van der Waals surface area contributed by atoms with Gasteiger partial charge >= 0.3 is 0 Å². The predicted molar refractivity (Wildman–Crippen MR) is 67.2 cm³/mol. The van der Waals surface area contributed by atoms with Crippen molar-refractivity contribution in [1.82, 2.24) is 5.32 Å². The second-order valence-electron chi connectivity index (χ2n) is 3.67. The zero-order valence-corrected chi connectivity index (χ0v) is 10.8. The molecule has 1 atom stereocenters. The van der Waals surface area contributed by atoms with Crippen molar-refractivity contribution in [3.63, 3.8) is 0 Å². The Kier molecular flexibility index (Phi) is 5.49. The van der Waals surface area contributed by atoms with Gasteiger partial charge in [-0.1, -0.05) is 35.0 Å². The van der Waals surface area contributed by atoms with E-state index in [0.717, 1.165) is 10.0 Å². The number of hydrogen-bond acceptors (Lipinski definition) is 2. The Balaban J connectivity index is 2.40. The number of aliphatic hydroxyl groups is 1. The summed E-state index contributed by atoms with van der Waals surface area (Å²) in [7, 11) is 0. The van der Waals surface area contributed by atoms with Gasteiger partial charge in [-0.2, -0.15) is 0 Å². The Morgan fingerprint density at radius 1 is 1.56 bits per heavy atom. The van der Waals surface area contributed by atoms with Crippen molar-refractivity contribution in [1.29, 1.82) is 0 Å². The second-order valence-corrected chi connectivity index (χ2v) is 4.59. The van der Waals surface area contributed by atoms with Crippen LogP contribution in [0.15, 0.2) is 28.7 Å². The Morgan fingerprint density at radius 2 is 2.31 bits per heavy atom. The minimum Gasteiger partial charge on any atom is -0.391 e. The molecule has 0 radical (unpaired) electrons. The molecule has 0 aliphatic rings. The van der Waals surface area contributed by atoms with Crippen molar-refractivity contribution >= 4 is 21.8 Å². The summed E-state index contributed by atoms with van der Waals surface area (Å²) >= 11 is 3.35. The first-order valence-corrected chi connectivity index (χ1v) is 6.10. The van der Waals surface area contributed by atoms with Crippen molar-refractivity contribution in [3.05, 3.63) is 34.3 Å². The van der Waals surface area contributed by atoms with Crippen LogP contribution in [0, 0.1) is 0 Å². The highest BCUT2D eigenvalue weighted by Crippen LogP contribution is 2.11. The average Bonchev–Trinajstić information content (AvgIpc) is 2.26. The first-order valence-electron chi connectivity index (χ1n) is 5.31. The summed E-state index contributed by atoms with van der Waals surface area (Å²) in [5, 5.41) is 12.0. The van der Waals surface area contributed by atoms with Gasteiger partial charge in [0.25, 0.3) is 0 Å². The molecule has 0 spiro atoms. The maximum atomic E-state index is 11.5. The maximum absolute atomic E-state index is 11.5. The largest absolute Gasteiger partial charge is 0.391 e. The number of carbonyl (C=O) groups is 1. The van der Waals surface area contributed by atoms with Crippen molar-refractivity contribution < 1.29 is 9.90 Å². The molecule has 3 nitrogen and oxygen atoms in total. The van der Waals surface area contributed by atoms with Gasteiger partial charge in [-0.25, -0.2) is 0 Å². The van der Waals surface area contributed by atoms with E-state index < -0.39 is 6.10 Å². The SMILES string of the molecule is CCC(O)CNC(=O)Cc1cccc(Br)c1. The number of aliphatic hydroxyl groups excluding tert-OH is 1. The van der Waals surface area contributed by atoms with Crippen LogP contribution in [0.4, 0.5) is 0 Å². The Morgan fingerprint density at radius 3 is 2.94 bits per heavy atom. The number of nitrogens with one attached hydrogen (secondary N) is 1. The maximum Gasteiger partial charge on any atom is 0.224 e. The predicted octanol–water partition coefficient (Wildman–Crippen LogP) is 1.88. The number of amides is 1. The molecule has 16 heavy (non-hydrogen) atoms. The summed E-state index contributed by atoms with van der Waals surface area (Å²) in [4.78, 5) is 11.5. The first kappa shape index (κ1) is 13.2. The van der Waals surface area contributed by atoms with Gasteiger partial charge < -0.3 is 10.4 Å². The van der Waals surface area contributed by atoms with Crippen molar-refractivity contribution in [2.75, 3.05) is 6.54 Å². The molecule has 0 fully saturated rings. The van der Waals surface area contributed by atoms with Crippen LogP contribution >= 0.6 is 15.9 Å². The van der Waals surface area contributed by atoms with Gasteiger partial charge in [0.1, 0.15) is 0 Å². The van der Waals surface area contributed by atoms with Crippen molar-refractivity contribution in [2.24, 2.45) is 0 Å². The number of carbonyl (C=O) groups excluding carboxylic acids is 1. The summed E-state index contributed by atoms with van der Waals surface area (Å²) in [5.74, 6) is -0.0643. The van der Waals surface area contributed by atoms with E-state index in [2.05, 4.69) is 21.2 Å². The third-order valence-electron chi connectivity index (χ3n) is 2.26. The van der Waals surface area contributed by atoms with Crippen LogP contribution in [0.25, 0.3) is 0 Å². The van der Waals surface area contributed by atoms with Gasteiger partial charge in [-0.05, 0) is 24.1 Å². The monoisotopic (exact) mass is 285 g/mol. The summed E-state index contributed by atoms with van der Waals surface area (Å²) in [6.45, 7) is 2.20. The smallest absolute Gasteiger partial charge is 0.224 e. The molecular weight excluding hydrogens is 270 g/mol. The van der Waals surface area contributed by atoms with E-state index in [1.807, 2.05) is 31.2 Å². The zero-order valence-electron chi connectivity index (χ0n) is 9.24. The lowest BCUT2D eigenvalue weighted by atomic mass is 10.1. The molecule has 0 bridgehead atoms. The molecule has 1 unspecified atom stereocenters. The van der Waals surface area contributed by atoms with Gasteiger partial charge in [-0.15, -0.1) is 0 Å². The molecule has 1 rings (SSSR count). The number of rotatable bonds is 5. The van der Waals surface area contributed by atoms with Gasteiger partial charge in [0.05, 0.1) is 12.5 Å². The molecule has 0 aliphatic carbocycles. The van der Waals surface area contributed by atoms with Gasteiger partial charge in [0.2, 0.25) is 5.91 Å². The molecule has 4 heteroatoms. The highest BCUT2D eigenvalue weighted by Gasteiger charge is 2.06. The molecule has 0 heterocycles. The third kappa shape index (κ3) is 4.77. The van der Waals surface area contributed by atoms with Gasteiger partial charge in [-0.3, -0.25) is 4.79 Å². The van der Waals surface area contributed by atoms with Crippen LogP contribution in [0.1, 0.15) is 18.9 Å². The zero-order chi connectivity index (χ0) is 12.0. The quantitative estimate of drug-likeness (QED) is 0.868. The van der Waals surface area contributed by atoms with E-state index in [0.29, 0.717) is 19.4 Å². The van der Waals surface area contributed by atoms with Crippen LogP contribution in [0.3, 0.4) is 0 Å². The van der Waals surface area contributed by atoms with Crippen LogP contribution in [0.2, 0.25) is 0 Å². The third-order valence-corrected chi connectivity index (χ3v) is 2.75. The fraction of sp³-hybridized carbons (Fsp3) is 0.417. The van der Waals surface area contributed by atoms with E-state index in [1.54, 1.807) is 0 Å². The Hall–Kier alpha value is -0.870. The lowest BCUT2D eigenvalue weighted by molar-refractivity contribution is -0.120. The highest BCUT2D eigenvalue weighted by molar-refractivity contribution is 9.10. The summed E-state index contributed by atoms with van der Waals surface area (Å²) in [6, 6.07) is 7.63. The van der Waals surface area contributed by atoms with E-state index >= 15 is 0 Å². The molecule has 1 aromatic rings. The Bertz CT molecular complexity index is 355. The van der Waals surface area contributed by atoms with E-state index in [4.69, 9.17) is 0 Å². The van der Waals surface area contributed by atoms with Crippen LogP contribution in [-0.4, -0.2) is 23.7 Å². The number of benzene rings is 1. The second kappa shape index (κ2) is 6.66. The van der Waals surface area contributed by atoms with Crippen LogP contribution < -0.4 is 5.32 Å². The minimum atomic E-state index is -0.452. The van der Waals surface area contributed by atoms with Gasteiger partial charge in [0, 0.05) is 11.0 Å². The lowest BCUT2D eigenvalue weighted by Crippen LogP contribution is -2.32. The minimum absolute atomic E-state index is 0.0643. The van der Waals surface area contributed by atoms with Crippen LogP contribution in [0.5, 0.6) is 0 Å². The Labute approximate surface area is 104 Å². The number of hydrogen-bond donors (Lipinski definition) is 2. The van der Waals surface area contributed by atoms with E-state index in [1.165, 1.54) is 0 Å². The fourth-order valence-corrected chi connectivity index (χ4v) is 1.72. The fourth-order valence-electron chi connectivity index (χ4n) is 1.27. The summed E-state index contributed by atoms with van der Waals surface area (Å²) in [5.41, 5.74) is 0.956. The van der Waals surface area contributed by atoms with Crippen LogP contribution in [-0.2, 0) is 11.2 Å². The standard InChI is InChI=1S/C12H16BrNO2/c1-2-11(15)8-14-12(16)7-9-4-3-5-10(13)6-9/h3-6,11,15H,2,7-8H2,1H3,(H,14,16). The first-order chi connectivity index (χ1) is 7.61. The van der Waals surface area contributed by atoms with Crippen molar-refractivity contribution in [3.8, 4) is 0 Å². The molecule has 88 valence electrons. The van der Waals surface area contributed by atoms with E-state index in [9.17, 15) is 9.90 Å². The molecule has 0 aliphatic heterocycles. The van der Waals surface area contributed by atoms with Gasteiger partial charge in [0.15, 0.2) is 0 Å². The lowest BCUT2D eigenvalue weighted by Gasteiger charge is -2.09. The molecule has 1 amide bonds. The topological polar surface area (TPSA) is 49.3 Å². The highest BCUT2D eigenvalue weighted by atomic mass is 79.9. The molecule has 0 aromatic heterocycles. The van der Waals surface area contributed by atoms with E-state index in [-0.39, 0.29) is 5.91 Å². The molecule has 2 N–H and O–H groups in total. The summed E-state index contributed by atoms with van der Waals surface area (Å²) in [6.07, 6.45) is 0.541. The average molecular weight is 286 g/mol. The molecule has 0 saturated heterocycles. The summed E-state index contributed by atoms with van der Waals surface area (Å²) < 4.78 is 0.964. The normalized spacial score (nSPS) is 12.2. The van der Waals surface area contributed by atoms with Crippen molar-refractivity contribution in [2.45, 2.75) is 25.9 Å². The molecule has 0 saturated carbocycles.